The third-order valence-electron chi connectivity index (χ3n) is 4.21. The maximum absolute atomic E-state index is 12.2. The van der Waals surface area contributed by atoms with Gasteiger partial charge < -0.3 is 4.84 Å². The van der Waals surface area contributed by atoms with Crippen LogP contribution >= 0.6 is 23.1 Å². The quantitative estimate of drug-likeness (QED) is 0.378. The summed E-state index contributed by atoms with van der Waals surface area (Å²) in [5.41, 5.74) is 1.53. The Morgan fingerprint density at radius 3 is 2.48 bits per heavy atom. The van der Waals surface area contributed by atoms with Crippen molar-refractivity contribution in [2.24, 2.45) is 0 Å². The van der Waals surface area contributed by atoms with Crippen molar-refractivity contribution in [1.82, 2.24) is 15.0 Å². The molecule has 3 heterocycles. The number of hydrogen-bond donors (Lipinski definition) is 0. The van der Waals surface area contributed by atoms with Gasteiger partial charge in [0.2, 0.25) is 0 Å². The third kappa shape index (κ3) is 2.98. The summed E-state index contributed by atoms with van der Waals surface area (Å²) in [6.07, 6.45) is 1.45. The number of carbonyl (C=O) groups is 3. The van der Waals surface area contributed by atoms with Gasteiger partial charge in [-0.2, -0.15) is 0 Å². The van der Waals surface area contributed by atoms with Gasteiger partial charge in [-0.05, 0) is 31.5 Å². The highest BCUT2D eigenvalue weighted by atomic mass is 32.2. The van der Waals surface area contributed by atoms with Crippen LogP contribution in [0.3, 0.4) is 0 Å². The van der Waals surface area contributed by atoms with Gasteiger partial charge in [-0.15, -0.1) is 11.3 Å². The normalized spacial score (nSPS) is 13.3. The summed E-state index contributed by atoms with van der Waals surface area (Å²) in [5, 5.41) is 2.10. The van der Waals surface area contributed by atoms with Crippen LogP contribution in [0.15, 0.2) is 35.6 Å². The number of rotatable bonds is 4. The van der Waals surface area contributed by atoms with Crippen LogP contribution in [-0.2, 0) is 9.63 Å². The summed E-state index contributed by atoms with van der Waals surface area (Å²) in [6.45, 7) is 3.99. The van der Waals surface area contributed by atoms with E-state index in [1.807, 2.05) is 13.8 Å². The first-order valence-corrected chi connectivity index (χ1v) is 9.79. The number of hydroxylamine groups is 2. The van der Waals surface area contributed by atoms with E-state index in [4.69, 9.17) is 4.84 Å². The number of nitrogens with zero attached hydrogens (tertiary/aromatic N) is 3. The van der Waals surface area contributed by atoms with E-state index in [9.17, 15) is 14.4 Å². The minimum atomic E-state index is -0.703. The van der Waals surface area contributed by atoms with Gasteiger partial charge in [-0.25, -0.2) is 14.8 Å². The monoisotopic (exact) mass is 399 g/mol. The number of benzene rings is 1. The lowest BCUT2D eigenvalue weighted by Crippen LogP contribution is -2.33. The highest BCUT2D eigenvalue weighted by Gasteiger charge is 2.38. The second-order valence-corrected chi connectivity index (χ2v) is 8.01. The van der Waals surface area contributed by atoms with Gasteiger partial charge in [-0.3, -0.25) is 9.59 Å². The number of fused-ring (bicyclic) bond motifs is 2. The van der Waals surface area contributed by atoms with Crippen LogP contribution in [0.25, 0.3) is 10.2 Å². The number of aromatic nitrogens is 2. The predicted molar refractivity (Wildman–Crippen MR) is 101 cm³/mol. The van der Waals surface area contributed by atoms with Crippen LogP contribution in [-0.4, -0.2) is 38.6 Å². The molecular weight excluding hydrogens is 386 g/mol. The van der Waals surface area contributed by atoms with Gasteiger partial charge in [0, 0.05) is 10.3 Å². The van der Waals surface area contributed by atoms with Crippen LogP contribution in [0, 0.1) is 13.8 Å². The number of imide groups is 1. The molecule has 1 aliphatic rings. The zero-order chi connectivity index (χ0) is 19.1. The maximum atomic E-state index is 12.2. The molecule has 0 N–H and O–H groups in total. The molecule has 1 aliphatic heterocycles. The van der Waals surface area contributed by atoms with Crippen LogP contribution in [0.5, 0.6) is 0 Å². The topological polar surface area (TPSA) is 89.5 Å². The molecule has 9 heteroatoms. The average Bonchev–Trinajstić information content (AvgIpc) is 3.09. The molecule has 0 saturated carbocycles. The summed E-state index contributed by atoms with van der Waals surface area (Å²) in [4.78, 5) is 52.2. The molecule has 27 heavy (non-hydrogen) atoms. The van der Waals surface area contributed by atoms with E-state index in [-0.39, 0.29) is 16.9 Å². The molecule has 2 aromatic heterocycles. The smallest absolute Gasteiger partial charge is 0.329 e. The second kappa shape index (κ2) is 6.75. The molecule has 2 amide bonds. The Morgan fingerprint density at radius 1 is 1.15 bits per heavy atom. The van der Waals surface area contributed by atoms with E-state index in [2.05, 4.69) is 9.97 Å². The van der Waals surface area contributed by atoms with E-state index in [0.29, 0.717) is 10.1 Å². The number of aryl methyl sites for hydroxylation is 2. The standard InChI is InChI=1S/C18H13N3O4S2/c1-9-10(2)27-16-14(9)15(19-8-20-16)26-7-13(22)25-21-17(23)11-5-3-4-6-12(11)18(21)24/h3-6,8H,7H2,1-2H3. The summed E-state index contributed by atoms with van der Waals surface area (Å²) >= 11 is 2.76. The van der Waals surface area contributed by atoms with Gasteiger partial charge in [0.25, 0.3) is 11.8 Å². The van der Waals surface area contributed by atoms with Gasteiger partial charge in [-0.1, -0.05) is 29.0 Å². The summed E-state index contributed by atoms with van der Waals surface area (Å²) in [7, 11) is 0. The Labute approximate surface area is 162 Å². The predicted octanol–water partition coefficient (Wildman–Crippen LogP) is 3.15. The first-order chi connectivity index (χ1) is 13.0. The van der Waals surface area contributed by atoms with Crippen molar-refractivity contribution in [3.05, 3.63) is 52.2 Å². The SMILES string of the molecule is Cc1sc2ncnc(SCC(=O)ON3C(=O)c4ccccc4C3=O)c2c1C. The molecule has 0 aliphatic carbocycles. The molecule has 0 radical (unpaired) electrons. The van der Waals surface area contributed by atoms with Crippen LogP contribution in [0.1, 0.15) is 31.2 Å². The Morgan fingerprint density at radius 2 is 1.81 bits per heavy atom. The molecule has 1 aromatic carbocycles. The lowest BCUT2D eigenvalue weighted by atomic mass is 10.1. The van der Waals surface area contributed by atoms with Crippen molar-refractivity contribution < 1.29 is 19.2 Å². The highest BCUT2D eigenvalue weighted by Crippen LogP contribution is 2.34. The van der Waals surface area contributed by atoms with E-state index < -0.39 is 17.8 Å². The lowest BCUT2D eigenvalue weighted by Gasteiger charge is -2.12. The fraction of sp³-hybridized carbons (Fsp3) is 0.167. The van der Waals surface area contributed by atoms with Crippen LogP contribution in [0.2, 0.25) is 0 Å². The van der Waals surface area contributed by atoms with Gasteiger partial charge in [0.15, 0.2) is 0 Å². The van der Waals surface area contributed by atoms with E-state index in [0.717, 1.165) is 20.7 Å². The summed E-state index contributed by atoms with van der Waals surface area (Å²) < 4.78 is 0. The molecule has 0 atom stereocenters. The molecule has 0 bridgehead atoms. The zero-order valence-electron chi connectivity index (χ0n) is 14.4. The third-order valence-corrected chi connectivity index (χ3v) is 6.29. The Balaban J connectivity index is 1.47. The molecule has 0 saturated heterocycles. The lowest BCUT2D eigenvalue weighted by molar-refractivity contribution is -0.165. The van der Waals surface area contributed by atoms with Gasteiger partial charge in [0.1, 0.15) is 21.9 Å². The zero-order valence-corrected chi connectivity index (χ0v) is 16.0. The van der Waals surface area contributed by atoms with Crippen molar-refractivity contribution in [1.29, 1.82) is 0 Å². The molecule has 0 unspecified atom stereocenters. The molecular formula is C18H13N3O4S2. The van der Waals surface area contributed by atoms with Crippen molar-refractivity contribution >= 4 is 51.1 Å². The van der Waals surface area contributed by atoms with Crippen molar-refractivity contribution in [2.45, 2.75) is 18.9 Å². The van der Waals surface area contributed by atoms with Crippen molar-refractivity contribution in [2.75, 3.05) is 5.75 Å². The molecule has 4 rings (SSSR count). The minimum absolute atomic E-state index is 0.0894. The van der Waals surface area contributed by atoms with E-state index >= 15 is 0 Å². The molecule has 0 spiro atoms. The number of amides is 2. The van der Waals surface area contributed by atoms with E-state index in [1.54, 1.807) is 23.5 Å². The Hall–Kier alpha value is -2.78. The molecule has 136 valence electrons. The maximum Gasteiger partial charge on any atom is 0.343 e. The number of carbonyl (C=O) groups excluding carboxylic acids is 3. The Kier molecular flexibility index (Phi) is 4.40. The van der Waals surface area contributed by atoms with Crippen LogP contribution < -0.4 is 0 Å². The number of hydrogen-bond acceptors (Lipinski definition) is 8. The summed E-state index contributed by atoms with van der Waals surface area (Å²) in [6, 6.07) is 6.35. The summed E-state index contributed by atoms with van der Waals surface area (Å²) in [5.74, 6) is -2.07. The fourth-order valence-corrected chi connectivity index (χ4v) is 4.65. The van der Waals surface area contributed by atoms with Gasteiger partial charge >= 0.3 is 5.97 Å². The Bertz CT molecular complexity index is 1070. The second-order valence-electron chi connectivity index (χ2n) is 5.84. The van der Waals surface area contributed by atoms with Crippen molar-refractivity contribution in [3.63, 3.8) is 0 Å². The highest BCUT2D eigenvalue weighted by molar-refractivity contribution is 8.00. The largest absolute Gasteiger partial charge is 0.343 e. The van der Waals surface area contributed by atoms with E-state index in [1.165, 1.54) is 30.2 Å². The minimum Gasteiger partial charge on any atom is -0.329 e. The molecule has 7 nitrogen and oxygen atoms in total. The van der Waals surface area contributed by atoms with Crippen molar-refractivity contribution in [3.8, 4) is 0 Å². The number of thioether (sulfide) groups is 1. The van der Waals surface area contributed by atoms with Gasteiger partial charge in [0.05, 0.1) is 11.1 Å². The number of thiophene rings is 1. The fourth-order valence-electron chi connectivity index (χ4n) is 2.77. The van der Waals surface area contributed by atoms with Crippen LogP contribution in [0.4, 0.5) is 0 Å². The first-order valence-electron chi connectivity index (χ1n) is 7.99. The average molecular weight is 399 g/mol. The molecule has 0 fully saturated rings. The first kappa shape index (κ1) is 17.6. The molecule has 3 aromatic rings.